The van der Waals surface area contributed by atoms with E-state index >= 15 is 0 Å². The van der Waals surface area contributed by atoms with E-state index < -0.39 is 11.6 Å². The summed E-state index contributed by atoms with van der Waals surface area (Å²) >= 11 is 1.31. The summed E-state index contributed by atoms with van der Waals surface area (Å²) in [6, 6.07) is 13.0. The van der Waals surface area contributed by atoms with Gasteiger partial charge in [0.2, 0.25) is 0 Å². The number of aromatic nitrogens is 1. The number of benzene rings is 2. The Morgan fingerprint density at radius 3 is 2.56 bits per heavy atom. The molecule has 0 unspecified atom stereocenters. The molecule has 0 spiro atoms. The number of thiazole rings is 1. The molecule has 1 heterocycles. The van der Waals surface area contributed by atoms with Crippen LogP contribution in [0.4, 0.5) is 8.78 Å². The van der Waals surface area contributed by atoms with Crippen LogP contribution in [0.25, 0.3) is 10.6 Å². The maximum Gasteiger partial charge on any atom is 0.265 e. The second kappa shape index (κ2) is 7.11. The number of carbonyl (C=O) groups is 1. The van der Waals surface area contributed by atoms with E-state index in [1.54, 1.807) is 14.0 Å². The van der Waals surface area contributed by atoms with Crippen LogP contribution >= 0.6 is 11.3 Å². The van der Waals surface area contributed by atoms with Gasteiger partial charge in [-0.1, -0.05) is 36.4 Å². The SMILES string of the molecule is Cc1nc(-c2ccccc2)sc1C(=O)N(C)Cc1ccc(F)cc1F. The molecule has 2 aromatic carbocycles. The molecule has 0 saturated carbocycles. The van der Waals surface area contributed by atoms with Crippen molar-refractivity contribution < 1.29 is 13.6 Å². The van der Waals surface area contributed by atoms with Crippen LogP contribution in [0.5, 0.6) is 0 Å². The van der Waals surface area contributed by atoms with E-state index in [4.69, 9.17) is 0 Å². The van der Waals surface area contributed by atoms with E-state index in [2.05, 4.69) is 4.98 Å². The molecular weight excluding hydrogens is 342 g/mol. The van der Waals surface area contributed by atoms with Crippen LogP contribution in [0.2, 0.25) is 0 Å². The third kappa shape index (κ3) is 3.74. The highest BCUT2D eigenvalue weighted by atomic mass is 32.1. The Hall–Kier alpha value is -2.60. The van der Waals surface area contributed by atoms with Gasteiger partial charge in [-0.25, -0.2) is 13.8 Å². The number of hydrogen-bond donors (Lipinski definition) is 0. The molecule has 3 rings (SSSR count). The van der Waals surface area contributed by atoms with E-state index in [9.17, 15) is 13.6 Å². The van der Waals surface area contributed by atoms with E-state index in [0.29, 0.717) is 10.6 Å². The summed E-state index contributed by atoms with van der Waals surface area (Å²) < 4.78 is 26.8. The first-order valence-corrected chi connectivity index (χ1v) is 8.49. The average molecular weight is 358 g/mol. The van der Waals surface area contributed by atoms with Gasteiger partial charge in [-0.05, 0) is 13.0 Å². The van der Waals surface area contributed by atoms with Crippen molar-refractivity contribution in [2.45, 2.75) is 13.5 Å². The summed E-state index contributed by atoms with van der Waals surface area (Å²) in [5.41, 5.74) is 1.85. The molecule has 3 nitrogen and oxygen atoms in total. The Bertz CT molecular complexity index is 909. The number of amides is 1. The van der Waals surface area contributed by atoms with Crippen molar-refractivity contribution in [3.8, 4) is 10.6 Å². The fraction of sp³-hybridized carbons (Fsp3) is 0.158. The van der Waals surface area contributed by atoms with Gasteiger partial charge in [-0.15, -0.1) is 11.3 Å². The van der Waals surface area contributed by atoms with Crippen molar-refractivity contribution in [3.05, 3.63) is 76.3 Å². The molecule has 128 valence electrons. The molecule has 0 N–H and O–H groups in total. The fourth-order valence-corrected chi connectivity index (χ4v) is 3.52. The smallest absolute Gasteiger partial charge is 0.265 e. The molecule has 3 aromatic rings. The minimum Gasteiger partial charge on any atom is -0.337 e. The monoisotopic (exact) mass is 358 g/mol. The van der Waals surface area contributed by atoms with E-state index in [1.807, 2.05) is 30.3 Å². The molecule has 0 aliphatic rings. The van der Waals surface area contributed by atoms with Gasteiger partial charge in [-0.3, -0.25) is 4.79 Å². The summed E-state index contributed by atoms with van der Waals surface area (Å²) in [6.45, 7) is 1.84. The molecule has 0 bridgehead atoms. The van der Waals surface area contributed by atoms with Crippen LogP contribution in [0.3, 0.4) is 0 Å². The number of carbonyl (C=O) groups excluding carboxylic acids is 1. The summed E-state index contributed by atoms with van der Waals surface area (Å²) in [4.78, 5) is 19.1. The summed E-state index contributed by atoms with van der Waals surface area (Å²) in [5.74, 6) is -1.53. The van der Waals surface area contributed by atoms with Crippen LogP contribution in [-0.4, -0.2) is 22.8 Å². The normalized spacial score (nSPS) is 10.7. The van der Waals surface area contributed by atoms with Crippen molar-refractivity contribution in [3.63, 3.8) is 0 Å². The molecule has 0 radical (unpaired) electrons. The second-order valence-corrected chi connectivity index (χ2v) is 6.70. The Morgan fingerprint density at radius 2 is 1.88 bits per heavy atom. The van der Waals surface area contributed by atoms with E-state index in [1.165, 1.54) is 28.4 Å². The third-order valence-corrected chi connectivity index (χ3v) is 4.98. The van der Waals surface area contributed by atoms with Gasteiger partial charge in [0.05, 0.1) is 5.69 Å². The topological polar surface area (TPSA) is 33.2 Å². The zero-order valence-electron chi connectivity index (χ0n) is 13.8. The molecule has 0 atom stereocenters. The molecule has 1 aromatic heterocycles. The lowest BCUT2D eigenvalue weighted by Crippen LogP contribution is -2.26. The number of rotatable bonds is 4. The predicted octanol–water partition coefficient (Wildman–Crippen LogP) is 4.67. The van der Waals surface area contributed by atoms with Crippen molar-refractivity contribution in [2.24, 2.45) is 0 Å². The predicted molar refractivity (Wildman–Crippen MR) is 94.4 cm³/mol. The van der Waals surface area contributed by atoms with E-state index in [-0.39, 0.29) is 18.0 Å². The standard InChI is InChI=1S/C19H16F2N2OS/c1-12-17(25-18(22-12)13-6-4-3-5-7-13)19(24)23(2)11-14-8-9-15(20)10-16(14)21/h3-10H,11H2,1-2H3. The molecule has 0 fully saturated rings. The van der Waals surface area contributed by atoms with Gasteiger partial charge >= 0.3 is 0 Å². The Labute approximate surface area is 148 Å². The number of nitrogens with zero attached hydrogens (tertiary/aromatic N) is 2. The summed E-state index contributed by atoms with van der Waals surface area (Å²) in [5, 5.41) is 0.766. The largest absolute Gasteiger partial charge is 0.337 e. The quantitative estimate of drug-likeness (QED) is 0.679. The average Bonchev–Trinajstić information content (AvgIpc) is 2.99. The highest BCUT2D eigenvalue weighted by Gasteiger charge is 2.20. The van der Waals surface area contributed by atoms with Crippen LogP contribution in [0.15, 0.2) is 48.5 Å². The molecule has 1 amide bonds. The molecule has 0 aliphatic carbocycles. The van der Waals surface area contributed by atoms with Crippen molar-refractivity contribution in [1.29, 1.82) is 0 Å². The number of halogens is 2. The van der Waals surface area contributed by atoms with Gasteiger partial charge in [0.1, 0.15) is 21.5 Å². The maximum absolute atomic E-state index is 13.8. The lowest BCUT2D eigenvalue weighted by molar-refractivity contribution is 0.0787. The van der Waals surface area contributed by atoms with Gasteiger partial charge in [0.15, 0.2) is 0 Å². The maximum atomic E-state index is 13.8. The second-order valence-electron chi connectivity index (χ2n) is 5.70. The van der Waals surface area contributed by atoms with Gasteiger partial charge < -0.3 is 4.90 Å². The van der Waals surface area contributed by atoms with Gasteiger partial charge in [-0.2, -0.15) is 0 Å². The van der Waals surface area contributed by atoms with Crippen LogP contribution in [0.1, 0.15) is 20.9 Å². The minimum absolute atomic E-state index is 0.0585. The Kier molecular flexibility index (Phi) is 4.90. The highest BCUT2D eigenvalue weighted by molar-refractivity contribution is 7.17. The Morgan fingerprint density at radius 1 is 1.16 bits per heavy atom. The first-order chi connectivity index (χ1) is 12.0. The van der Waals surface area contributed by atoms with Crippen LogP contribution in [-0.2, 0) is 6.54 Å². The zero-order chi connectivity index (χ0) is 18.0. The lowest BCUT2D eigenvalue weighted by Gasteiger charge is -2.17. The number of hydrogen-bond acceptors (Lipinski definition) is 3. The lowest BCUT2D eigenvalue weighted by atomic mass is 10.2. The molecule has 0 saturated heterocycles. The third-order valence-electron chi connectivity index (χ3n) is 3.78. The molecule has 25 heavy (non-hydrogen) atoms. The number of aryl methyl sites for hydroxylation is 1. The first-order valence-electron chi connectivity index (χ1n) is 7.68. The van der Waals surface area contributed by atoms with Crippen molar-refractivity contribution in [1.82, 2.24) is 9.88 Å². The molecule has 6 heteroatoms. The van der Waals surface area contributed by atoms with Crippen molar-refractivity contribution >= 4 is 17.2 Å². The molecule has 0 aliphatic heterocycles. The summed E-state index contributed by atoms with van der Waals surface area (Å²) in [7, 11) is 1.59. The summed E-state index contributed by atoms with van der Waals surface area (Å²) in [6.07, 6.45) is 0. The fourth-order valence-electron chi connectivity index (χ4n) is 2.45. The minimum atomic E-state index is -0.661. The van der Waals surface area contributed by atoms with Gasteiger partial charge in [0, 0.05) is 30.8 Å². The van der Waals surface area contributed by atoms with Crippen LogP contribution < -0.4 is 0 Å². The van der Waals surface area contributed by atoms with Crippen molar-refractivity contribution in [2.75, 3.05) is 7.05 Å². The highest BCUT2D eigenvalue weighted by Crippen LogP contribution is 2.28. The zero-order valence-corrected chi connectivity index (χ0v) is 14.6. The first kappa shape index (κ1) is 17.2. The molecular formula is C19H16F2N2OS. The van der Waals surface area contributed by atoms with E-state index in [0.717, 1.165) is 16.6 Å². The van der Waals surface area contributed by atoms with Gasteiger partial charge in [0.25, 0.3) is 5.91 Å². The van der Waals surface area contributed by atoms with Crippen LogP contribution in [0, 0.1) is 18.6 Å². The Balaban J connectivity index is 1.82.